The van der Waals surface area contributed by atoms with Crippen LogP contribution < -0.4 is 0 Å². The van der Waals surface area contributed by atoms with Crippen LogP contribution in [0, 0.1) is 0 Å². The van der Waals surface area contributed by atoms with Crippen LogP contribution in [0.3, 0.4) is 0 Å². The number of hydrogen-bond donors (Lipinski definition) is 0. The van der Waals surface area contributed by atoms with Crippen molar-refractivity contribution in [1.29, 1.82) is 0 Å². The van der Waals surface area contributed by atoms with E-state index in [4.69, 9.17) is 0 Å². The highest BCUT2D eigenvalue weighted by atomic mass is 32.1. The van der Waals surface area contributed by atoms with E-state index in [1.165, 1.54) is 126 Å². The number of fused-ring (bicyclic) bond motifs is 12. The van der Waals surface area contributed by atoms with Crippen molar-refractivity contribution in [3.05, 3.63) is 182 Å². The molecule has 3 heterocycles. The molecule has 0 aliphatic rings. The second kappa shape index (κ2) is 12.1. The van der Waals surface area contributed by atoms with Crippen molar-refractivity contribution in [2.24, 2.45) is 0 Å². The van der Waals surface area contributed by atoms with Crippen LogP contribution in [0.1, 0.15) is 0 Å². The zero-order valence-electron chi connectivity index (χ0n) is 30.5. The SMILES string of the molecule is c1ccc2c(c1)sc1ccc(-c3c4ccccc4c(-c4ccc(-c5ccc6cc7sc8cc9c(cc8c7cc6c5)sc5ccccc59)cc4)c4ccccc34)cc12. The van der Waals surface area contributed by atoms with Crippen molar-refractivity contribution in [1.82, 2.24) is 0 Å². The fourth-order valence-corrected chi connectivity index (χ4v) is 12.7. The summed E-state index contributed by atoms with van der Waals surface area (Å²) >= 11 is 5.68. The van der Waals surface area contributed by atoms with E-state index in [1.54, 1.807) is 0 Å². The lowest BCUT2D eigenvalue weighted by molar-refractivity contribution is 1.63. The van der Waals surface area contributed by atoms with Crippen LogP contribution in [-0.2, 0) is 0 Å². The van der Waals surface area contributed by atoms with Gasteiger partial charge in [-0.15, -0.1) is 34.0 Å². The third-order valence-electron chi connectivity index (χ3n) is 12.0. The minimum Gasteiger partial charge on any atom is -0.135 e. The zero-order valence-corrected chi connectivity index (χ0v) is 33.0. The molecule has 3 heteroatoms. The van der Waals surface area contributed by atoms with E-state index in [1.807, 2.05) is 34.0 Å². The van der Waals surface area contributed by atoms with Gasteiger partial charge in [0.05, 0.1) is 0 Å². The third-order valence-corrected chi connectivity index (χ3v) is 15.4. The molecule has 0 spiro atoms. The fourth-order valence-electron chi connectivity index (χ4n) is 9.38. The second-order valence-electron chi connectivity index (χ2n) is 15.2. The fraction of sp³-hybridized carbons (Fsp3) is 0. The van der Waals surface area contributed by atoms with E-state index in [0.717, 1.165) is 0 Å². The maximum Gasteiger partial charge on any atom is 0.0362 e. The molecule has 13 aromatic rings. The van der Waals surface area contributed by atoms with Crippen LogP contribution in [-0.4, -0.2) is 0 Å². The standard InChI is InChI=1S/C54H30S3/c1-3-13-41-39(11-1)53(40-12-2-4-14-42(40)54(41)35-23-24-49-43(26-35)37-9-5-7-15-47(37)55-49)32-19-17-31(18-20-32)33-21-22-34-28-50-44(27-36(34)25-33)46-30-51-45(29-52(46)57-50)38-10-6-8-16-48(38)56-51/h1-30H. The number of benzene rings is 10. The molecule has 57 heavy (non-hydrogen) atoms. The summed E-state index contributed by atoms with van der Waals surface area (Å²) in [5.41, 5.74) is 7.55. The summed E-state index contributed by atoms with van der Waals surface area (Å²) in [4.78, 5) is 0. The Labute approximate surface area is 340 Å². The number of hydrogen-bond acceptors (Lipinski definition) is 3. The average Bonchev–Trinajstić information content (AvgIpc) is 3.94. The van der Waals surface area contributed by atoms with Crippen molar-refractivity contribution in [3.63, 3.8) is 0 Å². The Kier molecular flexibility index (Phi) is 6.73. The number of rotatable bonds is 3. The van der Waals surface area contributed by atoms with Crippen molar-refractivity contribution in [2.75, 3.05) is 0 Å². The minimum absolute atomic E-state index is 1.23. The van der Waals surface area contributed by atoms with Crippen LogP contribution in [0.25, 0.3) is 126 Å². The van der Waals surface area contributed by atoms with E-state index in [2.05, 4.69) is 182 Å². The van der Waals surface area contributed by atoms with E-state index in [-0.39, 0.29) is 0 Å². The lowest BCUT2D eigenvalue weighted by Crippen LogP contribution is -1.91. The summed E-state index contributed by atoms with van der Waals surface area (Å²) in [7, 11) is 0. The summed E-state index contributed by atoms with van der Waals surface area (Å²) < 4.78 is 8.10. The highest BCUT2D eigenvalue weighted by molar-refractivity contribution is 7.27. The topological polar surface area (TPSA) is 0 Å². The van der Waals surface area contributed by atoms with Crippen LogP contribution in [0.4, 0.5) is 0 Å². The van der Waals surface area contributed by atoms with E-state index in [0.29, 0.717) is 0 Å². The van der Waals surface area contributed by atoms with E-state index in [9.17, 15) is 0 Å². The summed E-state index contributed by atoms with van der Waals surface area (Å²) in [5.74, 6) is 0. The molecular weight excluding hydrogens is 745 g/mol. The molecule has 0 bridgehead atoms. The van der Waals surface area contributed by atoms with Gasteiger partial charge in [0, 0.05) is 60.5 Å². The highest BCUT2D eigenvalue weighted by Gasteiger charge is 2.18. The van der Waals surface area contributed by atoms with Crippen molar-refractivity contribution in [2.45, 2.75) is 0 Å². The first-order valence-electron chi connectivity index (χ1n) is 19.4. The second-order valence-corrected chi connectivity index (χ2v) is 18.4. The molecule has 0 saturated heterocycles. The first-order chi connectivity index (χ1) is 28.2. The minimum atomic E-state index is 1.23. The van der Waals surface area contributed by atoms with Gasteiger partial charge in [0.1, 0.15) is 0 Å². The molecule has 0 N–H and O–H groups in total. The first-order valence-corrected chi connectivity index (χ1v) is 21.8. The molecule has 0 saturated carbocycles. The van der Waals surface area contributed by atoms with Gasteiger partial charge < -0.3 is 0 Å². The Bertz CT molecular complexity index is 3740. The summed E-state index contributed by atoms with van der Waals surface area (Å²) in [6, 6.07) is 68.4. The molecule has 0 aliphatic carbocycles. The Hall–Kier alpha value is -6.36. The Morgan fingerprint density at radius 3 is 1.28 bits per heavy atom. The van der Waals surface area contributed by atoms with Gasteiger partial charge >= 0.3 is 0 Å². The van der Waals surface area contributed by atoms with Gasteiger partial charge in [-0.1, -0.05) is 127 Å². The predicted octanol–water partition coefficient (Wildman–Crippen LogP) is 17.3. The van der Waals surface area contributed by atoms with Gasteiger partial charge in [-0.3, -0.25) is 0 Å². The Morgan fingerprint density at radius 1 is 0.211 bits per heavy atom. The smallest absolute Gasteiger partial charge is 0.0362 e. The molecule has 0 aliphatic heterocycles. The van der Waals surface area contributed by atoms with Crippen LogP contribution in [0.5, 0.6) is 0 Å². The first kappa shape index (κ1) is 31.8. The molecule has 0 amide bonds. The maximum absolute atomic E-state index is 2.42. The quantitative estimate of drug-likeness (QED) is 0.157. The van der Waals surface area contributed by atoms with Crippen molar-refractivity contribution >= 4 is 127 Å². The molecule has 3 aromatic heterocycles. The van der Waals surface area contributed by atoms with Gasteiger partial charge in [0.2, 0.25) is 0 Å². The molecule has 10 aromatic carbocycles. The molecule has 0 atom stereocenters. The summed E-state index contributed by atoms with van der Waals surface area (Å²) in [5, 5.41) is 15.8. The predicted molar refractivity (Wildman–Crippen MR) is 254 cm³/mol. The van der Waals surface area contributed by atoms with Gasteiger partial charge in [-0.2, -0.15) is 0 Å². The lowest BCUT2D eigenvalue weighted by atomic mass is 9.85. The normalized spacial score (nSPS) is 12.2. The van der Waals surface area contributed by atoms with Gasteiger partial charge in [-0.25, -0.2) is 0 Å². The summed E-state index contributed by atoms with van der Waals surface area (Å²) in [6.45, 7) is 0. The van der Waals surface area contributed by atoms with Gasteiger partial charge in [0.15, 0.2) is 0 Å². The molecule has 264 valence electrons. The third kappa shape index (κ3) is 4.77. The maximum atomic E-state index is 2.42. The highest BCUT2D eigenvalue weighted by Crippen LogP contribution is 2.47. The van der Waals surface area contributed by atoms with E-state index >= 15 is 0 Å². The van der Waals surface area contributed by atoms with Crippen LogP contribution in [0.15, 0.2) is 182 Å². The van der Waals surface area contributed by atoms with Gasteiger partial charge in [0.25, 0.3) is 0 Å². The molecular formula is C54H30S3. The molecule has 0 fully saturated rings. The number of thiophene rings is 3. The zero-order chi connectivity index (χ0) is 37.2. The van der Waals surface area contributed by atoms with Crippen molar-refractivity contribution in [3.8, 4) is 33.4 Å². The Morgan fingerprint density at radius 2 is 0.632 bits per heavy atom. The molecule has 13 rings (SSSR count). The van der Waals surface area contributed by atoms with Gasteiger partial charge in [-0.05, 0) is 120 Å². The summed E-state index contributed by atoms with van der Waals surface area (Å²) in [6.07, 6.45) is 0. The van der Waals surface area contributed by atoms with Crippen molar-refractivity contribution < 1.29 is 0 Å². The van der Waals surface area contributed by atoms with Crippen LogP contribution in [0.2, 0.25) is 0 Å². The lowest BCUT2D eigenvalue weighted by Gasteiger charge is -2.18. The largest absolute Gasteiger partial charge is 0.135 e. The molecule has 0 nitrogen and oxygen atoms in total. The van der Waals surface area contributed by atoms with Crippen LogP contribution >= 0.6 is 34.0 Å². The average molecular weight is 775 g/mol. The van der Waals surface area contributed by atoms with E-state index < -0.39 is 0 Å². The molecule has 0 unspecified atom stereocenters. The molecule has 0 radical (unpaired) electrons. The monoisotopic (exact) mass is 774 g/mol. The Balaban J connectivity index is 0.928.